The first-order chi connectivity index (χ1) is 7.99. The van der Waals surface area contributed by atoms with Crippen molar-refractivity contribution in [2.24, 2.45) is 0 Å². The van der Waals surface area contributed by atoms with Crippen LogP contribution in [0, 0.1) is 0 Å². The van der Waals surface area contributed by atoms with Gasteiger partial charge in [0.1, 0.15) is 0 Å². The number of halogens is 2. The van der Waals surface area contributed by atoms with Gasteiger partial charge in [-0.05, 0) is 12.1 Å². The van der Waals surface area contributed by atoms with E-state index < -0.39 is 5.97 Å². The molecule has 0 spiro atoms. The largest absolute Gasteiger partial charge is 0.476 e. The highest BCUT2D eigenvalue weighted by molar-refractivity contribution is 7.19. The van der Waals surface area contributed by atoms with E-state index in [1.807, 2.05) is 0 Å². The molecule has 3 N–H and O–H groups in total. The third-order valence-electron chi connectivity index (χ3n) is 2.02. The number of thiazole rings is 1. The molecule has 4 nitrogen and oxygen atoms in total. The number of carboxylic acid groups (broad SMARTS) is 1. The van der Waals surface area contributed by atoms with Crippen LogP contribution in [0.2, 0.25) is 10.0 Å². The normalized spacial score (nSPS) is 10.5. The van der Waals surface area contributed by atoms with Crippen LogP contribution in [0.4, 0.5) is 5.13 Å². The van der Waals surface area contributed by atoms with Crippen LogP contribution in [0.5, 0.6) is 0 Å². The van der Waals surface area contributed by atoms with Crippen LogP contribution in [0.1, 0.15) is 10.5 Å². The van der Waals surface area contributed by atoms with E-state index in [9.17, 15) is 4.79 Å². The Balaban J connectivity index is 2.63. The molecule has 0 saturated carbocycles. The molecule has 0 fully saturated rings. The molecule has 2 aromatic rings. The second-order valence-electron chi connectivity index (χ2n) is 3.16. The predicted molar refractivity (Wildman–Crippen MR) is 68.9 cm³/mol. The molecular formula is C10H6Cl2N2O2S. The molecule has 0 saturated heterocycles. The van der Waals surface area contributed by atoms with Crippen molar-refractivity contribution in [2.75, 3.05) is 5.73 Å². The SMILES string of the molecule is Nc1nc(C(=O)O)c(-c2ccc(Cl)cc2Cl)s1. The minimum atomic E-state index is -1.14. The summed E-state index contributed by atoms with van der Waals surface area (Å²) in [5.74, 6) is -1.14. The van der Waals surface area contributed by atoms with Gasteiger partial charge in [-0.15, -0.1) is 0 Å². The number of anilines is 1. The van der Waals surface area contributed by atoms with Crippen molar-refractivity contribution in [1.82, 2.24) is 4.98 Å². The summed E-state index contributed by atoms with van der Waals surface area (Å²) in [6.45, 7) is 0. The van der Waals surface area contributed by atoms with E-state index in [0.29, 0.717) is 20.5 Å². The molecule has 17 heavy (non-hydrogen) atoms. The fourth-order valence-electron chi connectivity index (χ4n) is 1.34. The summed E-state index contributed by atoms with van der Waals surface area (Å²) in [6, 6.07) is 4.81. The molecule has 0 atom stereocenters. The maximum Gasteiger partial charge on any atom is 0.356 e. The molecule has 0 unspecified atom stereocenters. The van der Waals surface area contributed by atoms with Gasteiger partial charge >= 0.3 is 5.97 Å². The molecule has 0 aliphatic carbocycles. The quantitative estimate of drug-likeness (QED) is 0.888. The summed E-state index contributed by atoms with van der Waals surface area (Å²) in [6.07, 6.45) is 0. The highest BCUT2D eigenvalue weighted by Gasteiger charge is 2.19. The number of nitrogens with zero attached hydrogens (tertiary/aromatic N) is 1. The third kappa shape index (κ3) is 2.36. The number of aromatic carboxylic acids is 1. The van der Waals surface area contributed by atoms with Gasteiger partial charge in [0.25, 0.3) is 0 Å². The Kier molecular flexibility index (Phi) is 3.24. The van der Waals surface area contributed by atoms with Gasteiger partial charge in [0.2, 0.25) is 0 Å². The number of nitrogens with two attached hydrogens (primary N) is 1. The van der Waals surface area contributed by atoms with E-state index in [4.69, 9.17) is 34.0 Å². The topological polar surface area (TPSA) is 76.2 Å². The lowest BCUT2D eigenvalue weighted by atomic mass is 10.1. The first-order valence-corrected chi connectivity index (χ1v) is 6.01. The van der Waals surface area contributed by atoms with E-state index in [1.165, 1.54) is 0 Å². The summed E-state index contributed by atoms with van der Waals surface area (Å²) in [5, 5.41) is 10.0. The molecule has 0 aliphatic heterocycles. The fraction of sp³-hybridized carbons (Fsp3) is 0. The van der Waals surface area contributed by atoms with Crippen LogP contribution in [-0.4, -0.2) is 16.1 Å². The maximum atomic E-state index is 11.0. The van der Waals surface area contributed by atoms with E-state index in [-0.39, 0.29) is 10.8 Å². The Labute approximate surface area is 111 Å². The zero-order valence-corrected chi connectivity index (χ0v) is 10.6. The lowest BCUT2D eigenvalue weighted by Crippen LogP contribution is -1.99. The van der Waals surface area contributed by atoms with Crippen molar-refractivity contribution in [1.29, 1.82) is 0 Å². The summed E-state index contributed by atoms with van der Waals surface area (Å²) in [4.78, 5) is 15.2. The van der Waals surface area contributed by atoms with Gasteiger partial charge < -0.3 is 10.8 Å². The molecule has 2 rings (SSSR count). The molecule has 7 heteroatoms. The lowest BCUT2D eigenvalue weighted by molar-refractivity contribution is 0.0692. The first kappa shape index (κ1) is 12.2. The van der Waals surface area contributed by atoms with Gasteiger partial charge in [-0.3, -0.25) is 0 Å². The number of aromatic nitrogens is 1. The first-order valence-electron chi connectivity index (χ1n) is 4.44. The molecule has 0 bridgehead atoms. The summed E-state index contributed by atoms with van der Waals surface area (Å²) < 4.78 is 0. The number of benzene rings is 1. The van der Waals surface area contributed by atoms with Crippen molar-refractivity contribution in [3.05, 3.63) is 33.9 Å². The van der Waals surface area contributed by atoms with Crippen LogP contribution in [0.25, 0.3) is 10.4 Å². The van der Waals surface area contributed by atoms with Gasteiger partial charge in [0, 0.05) is 10.6 Å². The monoisotopic (exact) mass is 288 g/mol. The Hall–Kier alpha value is -1.30. The van der Waals surface area contributed by atoms with Crippen molar-refractivity contribution >= 4 is 45.6 Å². The van der Waals surface area contributed by atoms with Crippen molar-refractivity contribution in [3.8, 4) is 10.4 Å². The molecule has 88 valence electrons. The summed E-state index contributed by atoms with van der Waals surface area (Å²) in [7, 11) is 0. The number of carbonyl (C=O) groups is 1. The summed E-state index contributed by atoms with van der Waals surface area (Å²) in [5.41, 5.74) is 5.97. The number of hydrogen-bond acceptors (Lipinski definition) is 4. The predicted octanol–water partition coefficient (Wildman–Crippen LogP) is 3.40. The smallest absolute Gasteiger partial charge is 0.356 e. The van der Waals surface area contributed by atoms with Gasteiger partial charge in [0.15, 0.2) is 10.8 Å². The number of carboxylic acids is 1. The van der Waals surface area contributed by atoms with Gasteiger partial charge in [0.05, 0.1) is 9.90 Å². The molecule has 1 aromatic heterocycles. The second-order valence-corrected chi connectivity index (χ2v) is 5.03. The Morgan fingerprint density at radius 2 is 2.12 bits per heavy atom. The Morgan fingerprint density at radius 1 is 1.41 bits per heavy atom. The second kappa shape index (κ2) is 4.52. The van der Waals surface area contributed by atoms with Crippen LogP contribution in [-0.2, 0) is 0 Å². The molecule has 0 radical (unpaired) electrons. The maximum absolute atomic E-state index is 11.0. The average molecular weight is 289 g/mol. The highest BCUT2D eigenvalue weighted by Crippen LogP contribution is 2.37. The number of nitrogen functional groups attached to an aromatic ring is 1. The highest BCUT2D eigenvalue weighted by atomic mass is 35.5. The molecular weight excluding hydrogens is 283 g/mol. The van der Waals surface area contributed by atoms with E-state index >= 15 is 0 Å². The Morgan fingerprint density at radius 3 is 2.71 bits per heavy atom. The number of rotatable bonds is 2. The van der Waals surface area contributed by atoms with Crippen molar-refractivity contribution < 1.29 is 9.90 Å². The van der Waals surface area contributed by atoms with Crippen molar-refractivity contribution in [3.63, 3.8) is 0 Å². The van der Waals surface area contributed by atoms with Crippen LogP contribution in [0.15, 0.2) is 18.2 Å². The van der Waals surface area contributed by atoms with Gasteiger partial charge in [-0.25, -0.2) is 9.78 Å². The van der Waals surface area contributed by atoms with Crippen LogP contribution >= 0.6 is 34.5 Å². The van der Waals surface area contributed by atoms with E-state index in [0.717, 1.165) is 11.3 Å². The minimum Gasteiger partial charge on any atom is -0.476 e. The standard InChI is InChI=1S/C10H6Cl2N2O2S/c11-4-1-2-5(6(12)3-4)8-7(9(15)16)14-10(13)17-8/h1-3H,(H2,13,14)(H,15,16). The molecule has 0 amide bonds. The van der Waals surface area contributed by atoms with E-state index in [1.54, 1.807) is 18.2 Å². The zero-order chi connectivity index (χ0) is 12.6. The fourth-order valence-corrected chi connectivity index (χ4v) is 2.76. The molecule has 1 aromatic carbocycles. The summed E-state index contributed by atoms with van der Waals surface area (Å²) >= 11 is 12.9. The molecule has 0 aliphatic rings. The number of hydrogen-bond donors (Lipinski definition) is 2. The minimum absolute atomic E-state index is 0.100. The average Bonchev–Trinajstić information content (AvgIpc) is 2.60. The van der Waals surface area contributed by atoms with Crippen LogP contribution in [0.3, 0.4) is 0 Å². The third-order valence-corrected chi connectivity index (χ3v) is 3.49. The van der Waals surface area contributed by atoms with Crippen molar-refractivity contribution in [2.45, 2.75) is 0 Å². The van der Waals surface area contributed by atoms with E-state index in [2.05, 4.69) is 4.98 Å². The lowest BCUT2D eigenvalue weighted by Gasteiger charge is -2.02. The van der Waals surface area contributed by atoms with Gasteiger partial charge in [-0.2, -0.15) is 0 Å². The Bertz CT molecular complexity index is 598. The zero-order valence-electron chi connectivity index (χ0n) is 8.28. The van der Waals surface area contributed by atoms with Gasteiger partial charge in [-0.1, -0.05) is 40.6 Å². The van der Waals surface area contributed by atoms with Crippen LogP contribution < -0.4 is 5.73 Å². The molecule has 1 heterocycles.